The number of benzene rings is 1. The third kappa shape index (κ3) is 5.10. The molecule has 0 fully saturated rings. The Morgan fingerprint density at radius 3 is 2.42 bits per heavy atom. The van der Waals surface area contributed by atoms with Crippen LogP contribution in [0.5, 0.6) is 0 Å². The molecule has 0 atom stereocenters. The topological polar surface area (TPSA) is 32.3 Å². The average Bonchev–Trinajstić information content (AvgIpc) is 2.33. The minimum absolute atomic E-state index is 0.0179. The summed E-state index contributed by atoms with van der Waals surface area (Å²) in [6.07, 6.45) is 3.57. The number of nitrogens with one attached hydrogen (secondary N) is 1. The first-order valence-corrected chi connectivity index (χ1v) is 6.38. The third-order valence-electron chi connectivity index (χ3n) is 2.80. The van der Waals surface area contributed by atoms with Crippen molar-refractivity contribution in [2.24, 2.45) is 0 Å². The van der Waals surface area contributed by atoms with Crippen molar-refractivity contribution < 1.29 is 4.79 Å². The van der Waals surface area contributed by atoms with Gasteiger partial charge in [0.25, 0.3) is 0 Å². The lowest BCUT2D eigenvalue weighted by molar-refractivity contribution is -0.117. The molecule has 0 radical (unpaired) electrons. The molecule has 3 heteroatoms. The monoisotopic (exact) mass is 258 g/mol. The fraction of sp³-hybridized carbons (Fsp3) is 0.312. The van der Waals surface area contributed by atoms with E-state index in [1.165, 1.54) is 5.56 Å². The predicted octanol–water partition coefficient (Wildman–Crippen LogP) is 2.92. The summed E-state index contributed by atoms with van der Waals surface area (Å²) in [6.45, 7) is 13.1. The summed E-state index contributed by atoms with van der Waals surface area (Å²) in [6, 6.07) is 5.99. The Kier molecular flexibility index (Phi) is 6.03. The van der Waals surface area contributed by atoms with E-state index in [0.717, 1.165) is 11.3 Å². The molecule has 0 saturated carbocycles. The lowest BCUT2D eigenvalue weighted by Gasteiger charge is -2.18. The first kappa shape index (κ1) is 15.2. The SMILES string of the molecule is C=CCN(CC=C)CC(=O)Nc1ccc(C)cc1C. The van der Waals surface area contributed by atoms with Gasteiger partial charge in [-0.25, -0.2) is 0 Å². The Hall–Kier alpha value is -1.87. The summed E-state index contributed by atoms with van der Waals surface area (Å²) in [4.78, 5) is 14.0. The minimum Gasteiger partial charge on any atom is -0.325 e. The van der Waals surface area contributed by atoms with Gasteiger partial charge in [-0.15, -0.1) is 13.2 Å². The van der Waals surface area contributed by atoms with E-state index in [0.29, 0.717) is 19.6 Å². The number of anilines is 1. The van der Waals surface area contributed by atoms with Crippen molar-refractivity contribution in [1.29, 1.82) is 0 Å². The quantitative estimate of drug-likeness (QED) is 0.763. The lowest BCUT2D eigenvalue weighted by atomic mass is 10.1. The second-order valence-corrected chi connectivity index (χ2v) is 4.64. The Morgan fingerprint density at radius 1 is 1.26 bits per heavy atom. The maximum absolute atomic E-state index is 12.0. The van der Waals surface area contributed by atoms with Crippen LogP contribution in [0.1, 0.15) is 11.1 Å². The smallest absolute Gasteiger partial charge is 0.238 e. The Balaban J connectivity index is 2.62. The van der Waals surface area contributed by atoms with Crippen molar-refractivity contribution in [3.8, 4) is 0 Å². The molecule has 0 aliphatic carbocycles. The van der Waals surface area contributed by atoms with Crippen molar-refractivity contribution in [3.63, 3.8) is 0 Å². The third-order valence-corrected chi connectivity index (χ3v) is 2.80. The van der Waals surface area contributed by atoms with E-state index < -0.39 is 0 Å². The molecule has 0 saturated heterocycles. The maximum atomic E-state index is 12.0. The molecule has 19 heavy (non-hydrogen) atoms. The van der Waals surface area contributed by atoms with Crippen LogP contribution in [0, 0.1) is 13.8 Å². The fourth-order valence-corrected chi connectivity index (χ4v) is 1.92. The number of hydrogen-bond acceptors (Lipinski definition) is 2. The molecule has 0 aromatic heterocycles. The number of carbonyl (C=O) groups is 1. The molecule has 0 bridgehead atoms. The van der Waals surface area contributed by atoms with Gasteiger partial charge in [0.2, 0.25) is 5.91 Å². The van der Waals surface area contributed by atoms with Crippen LogP contribution < -0.4 is 5.32 Å². The van der Waals surface area contributed by atoms with Crippen LogP contribution in [0.4, 0.5) is 5.69 Å². The number of hydrogen-bond donors (Lipinski definition) is 1. The highest BCUT2D eigenvalue weighted by atomic mass is 16.2. The van der Waals surface area contributed by atoms with Gasteiger partial charge in [0, 0.05) is 18.8 Å². The van der Waals surface area contributed by atoms with Gasteiger partial charge < -0.3 is 5.32 Å². The van der Waals surface area contributed by atoms with E-state index >= 15 is 0 Å². The summed E-state index contributed by atoms with van der Waals surface area (Å²) in [5, 5.41) is 2.94. The van der Waals surface area contributed by atoms with Gasteiger partial charge in [-0.3, -0.25) is 9.69 Å². The summed E-state index contributed by atoms with van der Waals surface area (Å²) in [7, 11) is 0. The zero-order valence-electron chi connectivity index (χ0n) is 11.8. The van der Waals surface area contributed by atoms with Gasteiger partial charge in [0.05, 0.1) is 6.54 Å². The van der Waals surface area contributed by atoms with Crippen molar-refractivity contribution in [2.45, 2.75) is 13.8 Å². The largest absolute Gasteiger partial charge is 0.325 e. The Labute approximate surface area is 115 Å². The first-order chi connectivity index (χ1) is 9.06. The highest BCUT2D eigenvalue weighted by Gasteiger charge is 2.09. The molecule has 1 amide bonds. The standard InChI is InChI=1S/C16H22N2O/c1-5-9-18(10-6-2)12-16(19)17-15-8-7-13(3)11-14(15)4/h5-8,11H,1-2,9-10,12H2,3-4H3,(H,17,19). The number of nitrogens with zero attached hydrogens (tertiary/aromatic N) is 1. The highest BCUT2D eigenvalue weighted by Crippen LogP contribution is 2.15. The predicted molar refractivity (Wildman–Crippen MR) is 81.4 cm³/mol. The van der Waals surface area contributed by atoms with Gasteiger partial charge in [-0.2, -0.15) is 0 Å². The van der Waals surface area contributed by atoms with E-state index in [-0.39, 0.29) is 5.91 Å². The number of amides is 1. The van der Waals surface area contributed by atoms with Crippen LogP contribution in [0.15, 0.2) is 43.5 Å². The van der Waals surface area contributed by atoms with Crippen molar-refractivity contribution in [2.75, 3.05) is 25.0 Å². The normalized spacial score (nSPS) is 10.3. The average molecular weight is 258 g/mol. The molecule has 3 nitrogen and oxygen atoms in total. The van der Waals surface area contributed by atoms with Crippen LogP contribution in [0.3, 0.4) is 0 Å². The number of rotatable bonds is 7. The second kappa shape index (κ2) is 7.54. The van der Waals surface area contributed by atoms with Crippen LogP contribution in [0.2, 0.25) is 0 Å². The van der Waals surface area contributed by atoms with Gasteiger partial charge >= 0.3 is 0 Å². The Morgan fingerprint density at radius 2 is 1.89 bits per heavy atom. The molecule has 1 N–H and O–H groups in total. The van der Waals surface area contributed by atoms with Gasteiger partial charge in [0.15, 0.2) is 0 Å². The van der Waals surface area contributed by atoms with Crippen LogP contribution in [-0.2, 0) is 4.79 Å². The number of carbonyl (C=O) groups excluding carboxylic acids is 1. The van der Waals surface area contributed by atoms with Crippen molar-refractivity contribution in [1.82, 2.24) is 4.90 Å². The number of aryl methyl sites for hydroxylation is 2. The lowest BCUT2D eigenvalue weighted by Crippen LogP contribution is -2.33. The summed E-state index contributed by atoms with van der Waals surface area (Å²) in [5.41, 5.74) is 3.13. The molecule has 1 aromatic rings. The molecule has 0 heterocycles. The second-order valence-electron chi connectivity index (χ2n) is 4.64. The Bertz CT molecular complexity index is 456. The summed E-state index contributed by atoms with van der Waals surface area (Å²) in [5.74, 6) is -0.0179. The molecule has 0 aliphatic heterocycles. The highest BCUT2D eigenvalue weighted by molar-refractivity contribution is 5.93. The van der Waals surface area contributed by atoms with E-state index in [1.807, 2.05) is 30.9 Å². The van der Waals surface area contributed by atoms with Crippen LogP contribution in [0.25, 0.3) is 0 Å². The van der Waals surface area contributed by atoms with Crippen molar-refractivity contribution in [3.05, 3.63) is 54.6 Å². The van der Waals surface area contributed by atoms with E-state index in [4.69, 9.17) is 0 Å². The van der Waals surface area contributed by atoms with Gasteiger partial charge in [-0.05, 0) is 25.5 Å². The van der Waals surface area contributed by atoms with Gasteiger partial charge in [-0.1, -0.05) is 29.8 Å². The molecule has 0 aliphatic rings. The molecule has 1 rings (SSSR count). The van der Waals surface area contributed by atoms with E-state index in [9.17, 15) is 4.79 Å². The molecule has 0 unspecified atom stereocenters. The van der Waals surface area contributed by atoms with E-state index in [2.05, 4.69) is 24.5 Å². The van der Waals surface area contributed by atoms with Gasteiger partial charge in [0.1, 0.15) is 0 Å². The molecular formula is C16H22N2O. The molecule has 0 spiro atoms. The fourth-order valence-electron chi connectivity index (χ4n) is 1.92. The maximum Gasteiger partial charge on any atom is 0.238 e. The van der Waals surface area contributed by atoms with Crippen LogP contribution >= 0.6 is 0 Å². The van der Waals surface area contributed by atoms with E-state index in [1.54, 1.807) is 12.2 Å². The first-order valence-electron chi connectivity index (χ1n) is 6.38. The summed E-state index contributed by atoms with van der Waals surface area (Å²) >= 11 is 0. The molecule has 1 aromatic carbocycles. The molecular weight excluding hydrogens is 236 g/mol. The summed E-state index contributed by atoms with van der Waals surface area (Å²) < 4.78 is 0. The molecule has 102 valence electrons. The van der Waals surface area contributed by atoms with Crippen molar-refractivity contribution >= 4 is 11.6 Å². The zero-order valence-corrected chi connectivity index (χ0v) is 11.8. The zero-order chi connectivity index (χ0) is 14.3. The van der Waals surface area contributed by atoms with Crippen LogP contribution in [-0.4, -0.2) is 30.4 Å². The minimum atomic E-state index is -0.0179.